The van der Waals surface area contributed by atoms with Crippen LogP contribution in [0.15, 0.2) is 18.3 Å². The summed E-state index contributed by atoms with van der Waals surface area (Å²) in [4.78, 5) is 2.64. The molecule has 3 heterocycles. The van der Waals surface area contributed by atoms with Crippen LogP contribution < -0.4 is 10.6 Å². The molecule has 0 spiro atoms. The van der Waals surface area contributed by atoms with Gasteiger partial charge in [0.15, 0.2) is 0 Å². The van der Waals surface area contributed by atoms with Crippen LogP contribution in [-0.4, -0.2) is 53.9 Å². The maximum Gasteiger partial charge on any atom is 0.148 e. The molecular weight excluding hydrogens is 250 g/mol. The molecule has 0 radical (unpaired) electrons. The monoisotopic (exact) mass is 275 g/mol. The third-order valence-corrected chi connectivity index (χ3v) is 4.49. The minimum Gasteiger partial charge on any atom is -0.366 e. The van der Waals surface area contributed by atoms with E-state index in [1.807, 2.05) is 12.1 Å². The average Bonchev–Trinajstić information content (AvgIpc) is 2.51. The minimum atomic E-state index is 0.552. The summed E-state index contributed by atoms with van der Waals surface area (Å²) in [5.41, 5.74) is 0. The smallest absolute Gasteiger partial charge is 0.148 e. The fourth-order valence-electron chi connectivity index (χ4n) is 3.28. The highest BCUT2D eigenvalue weighted by atomic mass is 15.2. The number of likely N-dealkylation sites (tertiary alicyclic amines) is 1. The van der Waals surface area contributed by atoms with Gasteiger partial charge in [0, 0.05) is 31.9 Å². The molecule has 110 valence electrons. The van der Waals surface area contributed by atoms with Crippen LogP contribution in [0.1, 0.15) is 25.7 Å². The van der Waals surface area contributed by atoms with Gasteiger partial charge >= 0.3 is 0 Å². The molecule has 2 aliphatic rings. The van der Waals surface area contributed by atoms with Gasteiger partial charge in [0.1, 0.15) is 5.82 Å². The maximum atomic E-state index is 4.10. The van der Waals surface area contributed by atoms with E-state index in [0.29, 0.717) is 6.04 Å². The third kappa shape index (κ3) is 3.90. The summed E-state index contributed by atoms with van der Waals surface area (Å²) in [6, 6.07) is 4.48. The Morgan fingerprint density at radius 1 is 1.20 bits per heavy atom. The molecule has 0 aromatic carbocycles. The molecule has 0 unspecified atom stereocenters. The van der Waals surface area contributed by atoms with E-state index >= 15 is 0 Å². The number of aromatic nitrogens is 2. The first-order valence-electron chi connectivity index (χ1n) is 7.87. The highest BCUT2D eigenvalue weighted by Gasteiger charge is 2.22. The van der Waals surface area contributed by atoms with E-state index in [1.54, 1.807) is 6.20 Å². The fourth-order valence-corrected chi connectivity index (χ4v) is 3.28. The van der Waals surface area contributed by atoms with Crippen molar-refractivity contribution in [3.05, 3.63) is 18.3 Å². The molecule has 5 heteroatoms. The van der Waals surface area contributed by atoms with E-state index in [-0.39, 0.29) is 0 Å². The van der Waals surface area contributed by atoms with Gasteiger partial charge in [-0.2, -0.15) is 5.10 Å². The second-order valence-corrected chi connectivity index (χ2v) is 6.02. The highest BCUT2D eigenvalue weighted by Crippen LogP contribution is 2.19. The van der Waals surface area contributed by atoms with Crippen LogP contribution in [0.25, 0.3) is 0 Å². The Morgan fingerprint density at radius 3 is 2.70 bits per heavy atom. The van der Waals surface area contributed by atoms with Crippen LogP contribution >= 0.6 is 0 Å². The normalized spacial score (nSPS) is 22.8. The number of hydrogen-bond acceptors (Lipinski definition) is 5. The van der Waals surface area contributed by atoms with E-state index < -0.39 is 0 Å². The number of anilines is 1. The van der Waals surface area contributed by atoms with Gasteiger partial charge in [-0.3, -0.25) is 0 Å². The number of rotatable bonds is 4. The Kier molecular flexibility index (Phi) is 4.82. The predicted octanol–water partition coefficient (Wildman–Crippen LogP) is 1.35. The van der Waals surface area contributed by atoms with E-state index in [0.717, 1.165) is 11.7 Å². The predicted molar refractivity (Wildman–Crippen MR) is 80.7 cm³/mol. The van der Waals surface area contributed by atoms with E-state index in [9.17, 15) is 0 Å². The lowest BCUT2D eigenvalue weighted by Gasteiger charge is -2.35. The zero-order valence-corrected chi connectivity index (χ0v) is 12.1. The van der Waals surface area contributed by atoms with Gasteiger partial charge in [0.25, 0.3) is 0 Å². The van der Waals surface area contributed by atoms with Gasteiger partial charge in [-0.1, -0.05) is 0 Å². The molecule has 0 amide bonds. The highest BCUT2D eigenvalue weighted by molar-refractivity contribution is 5.32. The van der Waals surface area contributed by atoms with Gasteiger partial charge < -0.3 is 15.5 Å². The Bertz CT molecular complexity index is 383. The van der Waals surface area contributed by atoms with Crippen molar-refractivity contribution < 1.29 is 0 Å². The molecule has 0 saturated carbocycles. The second-order valence-electron chi connectivity index (χ2n) is 6.02. The number of piperidine rings is 2. The van der Waals surface area contributed by atoms with E-state index in [2.05, 4.69) is 25.7 Å². The first-order chi connectivity index (χ1) is 9.90. The van der Waals surface area contributed by atoms with Crippen molar-refractivity contribution in [2.24, 2.45) is 5.92 Å². The zero-order chi connectivity index (χ0) is 13.6. The SMILES string of the molecule is c1cnnc(NC2CCN(CC3CCNCC3)CC2)c1. The summed E-state index contributed by atoms with van der Waals surface area (Å²) in [5.74, 6) is 1.81. The molecule has 2 aliphatic heterocycles. The number of hydrogen-bond donors (Lipinski definition) is 2. The van der Waals surface area contributed by atoms with Crippen molar-refractivity contribution in [2.75, 3.05) is 38.0 Å². The minimum absolute atomic E-state index is 0.552. The first kappa shape index (κ1) is 13.8. The quantitative estimate of drug-likeness (QED) is 0.869. The first-order valence-corrected chi connectivity index (χ1v) is 7.87. The Morgan fingerprint density at radius 2 is 2.00 bits per heavy atom. The second kappa shape index (κ2) is 6.99. The molecule has 2 fully saturated rings. The van der Waals surface area contributed by atoms with Crippen molar-refractivity contribution in [3.8, 4) is 0 Å². The molecule has 2 saturated heterocycles. The van der Waals surface area contributed by atoms with Crippen LogP contribution in [0.3, 0.4) is 0 Å². The van der Waals surface area contributed by atoms with Gasteiger partial charge in [-0.25, -0.2) is 0 Å². The van der Waals surface area contributed by atoms with Crippen molar-refractivity contribution in [2.45, 2.75) is 31.7 Å². The lowest BCUT2D eigenvalue weighted by atomic mass is 9.96. The molecule has 0 atom stereocenters. The Hall–Kier alpha value is -1.20. The summed E-state index contributed by atoms with van der Waals surface area (Å²) >= 11 is 0. The lowest BCUT2D eigenvalue weighted by molar-refractivity contribution is 0.171. The van der Waals surface area contributed by atoms with Crippen LogP contribution in [0, 0.1) is 5.92 Å². The van der Waals surface area contributed by atoms with Crippen LogP contribution in [0.5, 0.6) is 0 Å². The fraction of sp³-hybridized carbons (Fsp3) is 0.733. The zero-order valence-electron chi connectivity index (χ0n) is 12.1. The third-order valence-electron chi connectivity index (χ3n) is 4.49. The summed E-state index contributed by atoms with van der Waals surface area (Å²) < 4.78 is 0. The lowest BCUT2D eigenvalue weighted by Crippen LogP contribution is -2.43. The molecule has 0 aliphatic carbocycles. The Balaban J connectivity index is 1.40. The van der Waals surface area contributed by atoms with Gasteiger partial charge in [0.2, 0.25) is 0 Å². The van der Waals surface area contributed by atoms with Gasteiger partial charge in [0.05, 0.1) is 0 Å². The molecule has 1 aromatic rings. The molecule has 3 rings (SSSR count). The van der Waals surface area contributed by atoms with Crippen molar-refractivity contribution in [1.82, 2.24) is 20.4 Å². The topological polar surface area (TPSA) is 53.1 Å². The Labute approximate surface area is 121 Å². The summed E-state index contributed by atoms with van der Waals surface area (Å²) in [6.45, 7) is 6.12. The summed E-state index contributed by atoms with van der Waals surface area (Å²) in [6.07, 6.45) is 6.82. The van der Waals surface area contributed by atoms with E-state index in [1.165, 1.54) is 58.4 Å². The van der Waals surface area contributed by atoms with Crippen LogP contribution in [-0.2, 0) is 0 Å². The van der Waals surface area contributed by atoms with Gasteiger partial charge in [-0.05, 0) is 56.8 Å². The number of nitrogens with zero attached hydrogens (tertiary/aromatic N) is 3. The largest absolute Gasteiger partial charge is 0.366 e. The van der Waals surface area contributed by atoms with E-state index in [4.69, 9.17) is 0 Å². The van der Waals surface area contributed by atoms with Crippen molar-refractivity contribution in [1.29, 1.82) is 0 Å². The molecule has 20 heavy (non-hydrogen) atoms. The molecule has 1 aromatic heterocycles. The number of nitrogens with one attached hydrogen (secondary N) is 2. The van der Waals surface area contributed by atoms with Crippen molar-refractivity contribution in [3.63, 3.8) is 0 Å². The summed E-state index contributed by atoms with van der Waals surface area (Å²) in [5, 5.41) is 15.0. The average molecular weight is 275 g/mol. The molecule has 0 bridgehead atoms. The standard InChI is InChI=1S/C15H25N5/c1-2-15(19-17-7-1)18-14-5-10-20(11-6-14)12-13-3-8-16-9-4-13/h1-2,7,13-14,16H,3-6,8-12H2,(H,18,19). The molecule has 2 N–H and O–H groups in total. The van der Waals surface area contributed by atoms with Gasteiger partial charge in [-0.15, -0.1) is 5.10 Å². The summed E-state index contributed by atoms with van der Waals surface area (Å²) in [7, 11) is 0. The molecular formula is C15H25N5. The van der Waals surface area contributed by atoms with Crippen molar-refractivity contribution >= 4 is 5.82 Å². The maximum absolute atomic E-state index is 4.10. The molecule has 5 nitrogen and oxygen atoms in total. The van der Waals surface area contributed by atoms with Crippen LogP contribution in [0.4, 0.5) is 5.82 Å². The van der Waals surface area contributed by atoms with Crippen LogP contribution in [0.2, 0.25) is 0 Å².